The fourth-order valence-corrected chi connectivity index (χ4v) is 1.91. The molecule has 106 valence electrons. The summed E-state index contributed by atoms with van der Waals surface area (Å²) in [5, 5.41) is 9.00. The fourth-order valence-electron chi connectivity index (χ4n) is 1.91. The Kier molecular flexibility index (Phi) is 3.81. The summed E-state index contributed by atoms with van der Waals surface area (Å²) in [6.45, 7) is 4.58. The Bertz CT molecular complexity index is 542. The van der Waals surface area contributed by atoms with E-state index in [0.29, 0.717) is 13.2 Å². The minimum absolute atomic E-state index is 0.123. The SMILES string of the molecule is CC1(C)COB(c2cc(C(F)(F)F)ccc2C#N)OC1. The number of alkyl halides is 3. The Morgan fingerprint density at radius 3 is 2.35 bits per heavy atom. The monoisotopic (exact) mass is 283 g/mol. The molecule has 1 aromatic rings. The summed E-state index contributed by atoms with van der Waals surface area (Å²) in [4.78, 5) is 0. The maximum absolute atomic E-state index is 12.7. The second-order valence-electron chi connectivity index (χ2n) is 5.53. The van der Waals surface area contributed by atoms with Gasteiger partial charge in [0, 0.05) is 24.1 Å². The lowest BCUT2D eigenvalue weighted by molar-refractivity contribution is -0.137. The summed E-state index contributed by atoms with van der Waals surface area (Å²) in [6, 6.07) is 4.81. The first kappa shape index (κ1) is 14.9. The topological polar surface area (TPSA) is 42.2 Å². The van der Waals surface area contributed by atoms with Gasteiger partial charge in [0.15, 0.2) is 0 Å². The third kappa shape index (κ3) is 3.14. The van der Waals surface area contributed by atoms with Crippen LogP contribution in [-0.2, 0) is 15.5 Å². The van der Waals surface area contributed by atoms with Crippen LogP contribution in [0.15, 0.2) is 18.2 Å². The normalized spacial score (nSPS) is 18.7. The highest BCUT2D eigenvalue weighted by molar-refractivity contribution is 6.62. The van der Waals surface area contributed by atoms with Crippen molar-refractivity contribution in [3.8, 4) is 6.07 Å². The minimum atomic E-state index is -4.46. The van der Waals surface area contributed by atoms with Crippen LogP contribution in [0.2, 0.25) is 0 Å². The fraction of sp³-hybridized carbons (Fsp3) is 0.462. The predicted molar refractivity (Wildman–Crippen MR) is 67.2 cm³/mol. The first-order chi connectivity index (χ1) is 9.23. The van der Waals surface area contributed by atoms with Crippen molar-refractivity contribution >= 4 is 12.6 Å². The molecule has 0 bridgehead atoms. The smallest absolute Gasteiger partial charge is 0.407 e. The molecule has 20 heavy (non-hydrogen) atoms. The zero-order valence-electron chi connectivity index (χ0n) is 11.1. The Labute approximate surface area is 115 Å². The van der Waals surface area contributed by atoms with Crippen LogP contribution in [-0.4, -0.2) is 20.3 Å². The lowest BCUT2D eigenvalue weighted by Gasteiger charge is -2.33. The van der Waals surface area contributed by atoms with E-state index >= 15 is 0 Å². The zero-order chi connectivity index (χ0) is 15.0. The lowest BCUT2D eigenvalue weighted by Crippen LogP contribution is -2.48. The standard InChI is InChI=1S/C13H13BF3NO2/c1-12(2)7-19-14(20-8-12)11-5-10(13(15,16)17)4-3-9(11)6-18/h3-5H,7-8H2,1-2H3. The molecule has 0 atom stereocenters. The van der Waals surface area contributed by atoms with E-state index in [-0.39, 0.29) is 16.4 Å². The van der Waals surface area contributed by atoms with Crippen molar-refractivity contribution < 1.29 is 22.5 Å². The van der Waals surface area contributed by atoms with E-state index in [1.165, 1.54) is 0 Å². The van der Waals surface area contributed by atoms with Crippen LogP contribution in [0.5, 0.6) is 0 Å². The Hall–Kier alpha value is -1.52. The molecular formula is C13H13BF3NO2. The Balaban J connectivity index is 2.33. The second kappa shape index (κ2) is 5.11. The van der Waals surface area contributed by atoms with Crippen molar-refractivity contribution in [2.75, 3.05) is 13.2 Å². The molecule has 1 heterocycles. The Morgan fingerprint density at radius 2 is 1.85 bits per heavy atom. The first-order valence-corrected chi connectivity index (χ1v) is 6.07. The number of rotatable bonds is 1. The van der Waals surface area contributed by atoms with E-state index < -0.39 is 18.9 Å². The van der Waals surface area contributed by atoms with Gasteiger partial charge in [-0.25, -0.2) is 0 Å². The van der Waals surface area contributed by atoms with E-state index in [9.17, 15) is 13.2 Å². The van der Waals surface area contributed by atoms with Gasteiger partial charge in [0.2, 0.25) is 0 Å². The van der Waals surface area contributed by atoms with Gasteiger partial charge < -0.3 is 9.31 Å². The van der Waals surface area contributed by atoms with Crippen LogP contribution >= 0.6 is 0 Å². The first-order valence-electron chi connectivity index (χ1n) is 6.07. The van der Waals surface area contributed by atoms with Crippen LogP contribution in [0.4, 0.5) is 13.2 Å². The van der Waals surface area contributed by atoms with Gasteiger partial charge in [0.05, 0.1) is 17.2 Å². The molecule has 1 aliphatic rings. The highest BCUT2D eigenvalue weighted by Gasteiger charge is 2.37. The third-order valence-electron chi connectivity index (χ3n) is 3.00. The van der Waals surface area contributed by atoms with Crippen molar-refractivity contribution in [3.05, 3.63) is 29.3 Å². The molecule has 0 aromatic heterocycles. The van der Waals surface area contributed by atoms with Gasteiger partial charge in [-0.1, -0.05) is 13.8 Å². The van der Waals surface area contributed by atoms with Crippen molar-refractivity contribution in [1.29, 1.82) is 5.26 Å². The molecule has 0 saturated carbocycles. The molecule has 1 aromatic carbocycles. The van der Waals surface area contributed by atoms with Gasteiger partial charge in [0.25, 0.3) is 0 Å². The van der Waals surface area contributed by atoms with E-state index in [0.717, 1.165) is 18.2 Å². The largest absolute Gasteiger partial charge is 0.495 e. The molecule has 0 amide bonds. The van der Waals surface area contributed by atoms with E-state index in [4.69, 9.17) is 14.6 Å². The summed E-state index contributed by atoms with van der Waals surface area (Å²) in [6.07, 6.45) is -4.46. The molecule has 7 heteroatoms. The van der Waals surface area contributed by atoms with Gasteiger partial charge in [-0.05, 0) is 18.2 Å². The molecule has 1 aliphatic heterocycles. The molecule has 0 unspecified atom stereocenters. The highest BCUT2D eigenvalue weighted by atomic mass is 19.4. The maximum Gasteiger partial charge on any atom is 0.495 e. The highest BCUT2D eigenvalue weighted by Crippen LogP contribution is 2.29. The second-order valence-corrected chi connectivity index (χ2v) is 5.53. The van der Waals surface area contributed by atoms with E-state index in [1.807, 2.05) is 19.9 Å². The zero-order valence-corrected chi connectivity index (χ0v) is 11.1. The molecule has 2 rings (SSSR count). The molecule has 0 N–H and O–H groups in total. The molecule has 0 aliphatic carbocycles. The molecule has 1 fully saturated rings. The van der Waals surface area contributed by atoms with Crippen molar-refractivity contribution in [2.45, 2.75) is 20.0 Å². The van der Waals surface area contributed by atoms with Gasteiger partial charge in [0.1, 0.15) is 0 Å². The molecule has 0 radical (unpaired) electrons. The summed E-state index contributed by atoms with van der Waals surface area (Å²) in [7, 11) is -0.931. The van der Waals surface area contributed by atoms with Gasteiger partial charge in [-0.3, -0.25) is 0 Å². The maximum atomic E-state index is 12.7. The predicted octanol–water partition coefficient (Wildman–Crippen LogP) is 2.35. The number of hydrogen-bond donors (Lipinski definition) is 0. The summed E-state index contributed by atoms with van der Waals surface area (Å²) < 4.78 is 49.1. The van der Waals surface area contributed by atoms with Gasteiger partial charge in [-0.15, -0.1) is 0 Å². The van der Waals surface area contributed by atoms with Gasteiger partial charge in [-0.2, -0.15) is 18.4 Å². The van der Waals surface area contributed by atoms with Crippen LogP contribution < -0.4 is 5.46 Å². The number of nitriles is 1. The Morgan fingerprint density at radius 1 is 1.25 bits per heavy atom. The van der Waals surface area contributed by atoms with Crippen LogP contribution in [0.25, 0.3) is 0 Å². The van der Waals surface area contributed by atoms with Gasteiger partial charge >= 0.3 is 13.3 Å². The van der Waals surface area contributed by atoms with Crippen molar-refractivity contribution in [1.82, 2.24) is 0 Å². The average Bonchev–Trinajstić information content (AvgIpc) is 2.37. The van der Waals surface area contributed by atoms with Crippen LogP contribution in [0.1, 0.15) is 25.0 Å². The summed E-state index contributed by atoms with van der Waals surface area (Å²) in [5.74, 6) is 0. The molecule has 0 spiro atoms. The molecule has 3 nitrogen and oxygen atoms in total. The molecule has 1 saturated heterocycles. The lowest BCUT2D eigenvalue weighted by atomic mass is 9.73. The van der Waals surface area contributed by atoms with Crippen molar-refractivity contribution in [3.63, 3.8) is 0 Å². The van der Waals surface area contributed by atoms with E-state index in [1.54, 1.807) is 0 Å². The summed E-state index contributed by atoms with van der Waals surface area (Å²) in [5.41, 5.74) is -0.755. The quantitative estimate of drug-likeness (QED) is 0.743. The minimum Gasteiger partial charge on any atom is -0.407 e. The number of nitrogens with zero attached hydrogens (tertiary/aromatic N) is 1. The van der Waals surface area contributed by atoms with Crippen LogP contribution in [0.3, 0.4) is 0 Å². The third-order valence-corrected chi connectivity index (χ3v) is 3.00. The molecular weight excluding hydrogens is 270 g/mol. The number of hydrogen-bond acceptors (Lipinski definition) is 3. The van der Waals surface area contributed by atoms with E-state index in [2.05, 4.69) is 0 Å². The van der Waals surface area contributed by atoms with Crippen LogP contribution in [0, 0.1) is 16.7 Å². The van der Waals surface area contributed by atoms with Crippen molar-refractivity contribution in [2.24, 2.45) is 5.41 Å². The number of halogens is 3. The number of benzene rings is 1. The average molecular weight is 283 g/mol. The summed E-state index contributed by atoms with van der Waals surface area (Å²) >= 11 is 0.